The molecular weight excluding hydrogens is 208 g/mol. The van der Waals surface area contributed by atoms with Crippen LogP contribution in [-0.2, 0) is 10.8 Å². The summed E-state index contributed by atoms with van der Waals surface area (Å²) in [6.07, 6.45) is 4.11. The van der Waals surface area contributed by atoms with Gasteiger partial charge in [-0.1, -0.05) is 6.07 Å². The maximum atomic E-state index is 11.9. The van der Waals surface area contributed by atoms with Gasteiger partial charge in [0.2, 0.25) is 0 Å². The van der Waals surface area contributed by atoms with Gasteiger partial charge >= 0.3 is 0 Å². The molecule has 1 saturated heterocycles. The van der Waals surface area contributed by atoms with Crippen molar-refractivity contribution in [2.75, 3.05) is 12.3 Å². The van der Waals surface area contributed by atoms with E-state index >= 15 is 0 Å². The van der Waals surface area contributed by atoms with Gasteiger partial charge in [0, 0.05) is 18.0 Å². The molecule has 0 aromatic carbocycles. The van der Waals surface area contributed by atoms with E-state index < -0.39 is 10.8 Å². The van der Waals surface area contributed by atoms with E-state index in [9.17, 15) is 4.21 Å². The number of aryl methyl sites for hydroxylation is 1. The second kappa shape index (κ2) is 4.86. The summed E-state index contributed by atoms with van der Waals surface area (Å²) < 4.78 is 11.9. The third-order valence-electron chi connectivity index (χ3n) is 2.63. The van der Waals surface area contributed by atoms with Crippen molar-refractivity contribution >= 4 is 10.8 Å². The van der Waals surface area contributed by atoms with Gasteiger partial charge in [-0.15, -0.1) is 0 Å². The molecule has 1 fully saturated rings. The van der Waals surface area contributed by atoms with Crippen LogP contribution >= 0.6 is 0 Å². The van der Waals surface area contributed by atoms with E-state index in [1.54, 1.807) is 6.20 Å². The minimum Gasteiger partial charge on any atom is -0.313 e. The largest absolute Gasteiger partial charge is 0.313 e. The van der Waals surface area contributed by atoms with E-state index in [0.717, 1.165) is 18.5 Å². The molecule has 1 aromatic heterocycles. The highest BCUT2D eigenvalue weighted by Crippen LogP contribution is 2.10. The summed E-state index contributed by atoms with van der Waals surface area (Å²) >= 11 is 0. The molecule has 1 aliphatic heterocycles. The molecule has 82 valence electrons. The summed E-state index contributed by atoms with van der Waals surface area (Å²) in [4.78, 5) is 4.19. The first-order valence-corrected chi connectivity index (χ1v) is 6.62. The van der Waals surface area contributed by atoms with Crippen LogP contribution in [0.1, 0.15) is 18.4 Å². The Labute approximate surface area is 92.8 Å². The monoisotopic (exact) mass is 224 g/mol. The number of nitrogens with one attached hydrogen (secondary N) is 1. The number of nitrogens with zero attached hydrogens (tertiary/aromatic N) is 1. The van der Waals surface area contributed by atoms with Crippen molar-refractivity contribution in [3.05, 3.63) is 23.9 Å². The molecular formula is C11H16N2OS. The Balaban J connectivity index is 1.98. The van der Waals surface area contributed by atoms with Crippen molar-refractivity contribution in [2.45, 2.75) is 30.8 Å². The number of hydrogen-bond donors (Lipinski definition) is 1. The van der Waals surface area contributed by atoms with Gasteiger partial charge in [-0.05, 0) is 37.9 Å². The minimum atomic E-state index is -0.955. The Bertz CT molecular complexity index is 344. The molecule has 0 unspecified atom stereocenters. The van der Waals surface area contributed by atoms with Crippen molar-refractivity contribution in [1.29, 1.82) is 0 Å². The molecule has 0 radical (unpaired) electrons. The van der Waals surface area contributed by atoms with Crippen molar-refractivity contribution in [3.8, 4) is 0 Å². The Hall–Kier alpha value is -0.740. The van der Waals surface area contributed by atoms with Crippen LogP contribution in [0.5, 0.6) is 0 Å². The number of hydrogen-bond acceptors (Lipinski definition) is 3. The third-order valence-corrected chi connectivity index (χ3v) is 4.05. The fourth-order valence-corrected chi connectivity index (χ4v) is 2.97. The highest BCUT2D eigenvalue weighted by Gasteiger charge is 2.18. The third kappa shape index (κ3) is 2.86. The van der Waals surface area contributed by atoms with Crippen LogP contribution in [0.4, 0.5) is 0 Å². The zero-order valence-corrected chi connectivity index (χ0v) is 9.72. The van der Waals surface area contributed by atoms with Gasteiger partial charge < -0.3 is 5.32 Å². The highest BCUT2D eigenvalue weighted by atomic mass is 32.2. The van der Waals surface area contributed by atoms with Crippen molar-refractivity contribution in [1.82, 2.24) is 10.3 Å². The summed E-state index contributed by atoms with van der Waals surface area (Å²) in [5.41, 5.74) is 1.11. The summed E-state index contributed by atoms with van der Waals surface area (Å²) in [6, 6.07) is 4.23. The normalized spacial score (nSPS) is 22.9. The summed E-state index contributed by atoms with van der Waals surface area (Å²) in [7, 11) is -0.955. The molecule has 0 amide bonds. The predicted molar refractivity (Wildman–Crippen MR) is 61.3 cm³/mol. The van der Waals surface area contributed by atoms with Gasteiger partial charge in [0.25, 0.3) is 0 Å². The molecule has 2 rings (SSSR count). The van der Waals surface area contributed by atoms with E-state index in [1.807, 2.05) is 19.1 Å². The number of rotatable bonds is 3. The molecule has 4 heteroatoms. The van der Waals surface area contributed by atoms with Gasteiger partial charge in [-0.25, -0.2) is 4.98 Å². The smallest absolute Gasteiger partial charge is 0.127 e. The Morgan fingerprint density at radius 2 is 2.47 bits per heavy atom. The molecule has 1 aliphatic rings. The zero-order chi connectivity index (χ0) is 10.7. The first-order chi connectivity index (χ1) is 7.25. The fourth-order valence-electron chi connectivity index (χ4n) is 1.76. The van der Waals surface area contributed by atoms with Crippen LogP contribution in [0.15, 0.2) is 23.4 Å². The summed E-state index contributed by atoms with van der Waals surface area (Å²) in [5.74, 6) is 0.691. The van der Waals surface area contributed by atoms with E-state index in [2.05, 4.69) is 10.3 Å². The van der Waals surface area contributed by atoms with Crippen LogP contribution in [0.2, 0.25) is 0 Å². The maximum Gasteiger partial charge on any atom is 0.127 e. The Morgan fingerprint density at radius 3 is 3.07 bits per heavy atom. The standard InChI is InChI=1S/C11H16N2OS/c1-9-4-5-11(13-7-9)15(14)8-10-3-2-6-12-10/h4-5,7,10,12H,2-3,6,8H2,1H3/t10-,15-/m0/s1. The van der Waals surface area contributed by atoms with Gasteiger partial charge in [0.05, 0.1) is 10.8 Å². The van der Waals surface area contributed by atoms with Crippen LogP contribution in [0.3, 0.4) is 0 Å². The van der Waals surface area contributed by atoms with Crippen molar-refractivity contribution in [2.24, 2.45) is 0 Å². The lowest BCUT2D eigenvalue weighted by atomic mass is 10.3. The van der Waals surface area contributed by atoms with Crippen molar-refractivity contribution in [3.63, 3.8) is 0 Å². The molecule has 0 bridgehead atoms. The molecule has 1 N–H and O–H groups in total. The summed E-state index contributed by atoms with van der Waals surface area (Å²) in [6.45, 7) is 3.04. The second-order valence-electron chi connectivity index (χ2n) is 3.98. The molecule has 1 aromatic rings. The van der Waals surface area contributed by atoms with E-state index in [0.29, 0.717) is 16.8 Å². The van der Waals surface area contributed by atoms with Crippen molar-refractivity contribution < 1.29 is 4.21 Å². The fraction of sp³-hybridized carbons (Fsp3) is 0.545. The number of pyridine rings is 1. The van der Waals surface area contributed by atoms with Gasteiger partial charge in [-0.2, -0.15) is 0 Å². The molecule has 0 saturated carbocycles. The Morgan fingerprint density at radius 1 is 1.60 bits per heavy atom. The first-order valence-electron chi connectivity index (χ1n) is 5.30. The van der Waals surface area contributed by atoms with E-state index in [-0.39, 0.29) is 0 Å². The lowest BCUT2D eigenvalue weighted by Gasteiger charge is -2.08. The van der Waals surface area contributed by atoms with Crippen LogP contribution in [0.25, 0.3) is 0 Å². The second-order valence-corrected chi connectivity index (χ2v) is 5.42. The zero-order valence-electron chi connectivity index (χ0n) is 8.90. The van der Waals surface area contributed by atoms with Crippen LogP contribution in [-0.4, -0.2) is 27.5 Å². The first kappa shape index (κ1) is 10.8. The van der Waals surface area contributed by atoms with Gasteiger partial charge in [0.15, 0.2) is 0 Å². The topological polar surface area (TPSA) is 42.0 Å². The highest BCUT2D eigenvalue weighted by molar-refractivity contribution is 7.85. The summed E-state index contributed by atoms with van der Waals surface area (Å²) in [5, 5.41) is 4.05. The SMILES string of the molecule is Cc1ccc([S@@](=O)C[C@@H]2CCCN2)nc1. The predicted octanol–water partition coefficient (Wildman–Crippen LogP) is 1.25. The lowest BCUT2D eigenvalue weighted by Crippen LogP contribution is -2.27. The minimum absolute atomic E-state index is 0.411. The average Bonchev–Trinajstić information content (AvgIpc) is 2.71. The molecule has 0 spiro atoms. The molecule has 2 atom stereocenters. The van der Waals surface area contributed by atoms with E-state index in [1.165, 1.54) is 6.42 Å². The van der Waals surface area contributed by atoms with Crippen LogP contribution in [0, 0.1) is 6.92 Å². The average molecular weight is 224 g/mol. The van der Waals surface area contributed by atoms with Gasteiger partial charge in [-0.3, -0.25) is 4.21 Å². The molecule has 15 heavy (non-hydrogen) atoms. The maximum absolute atomic E-state index is 11.9. The molecule has 0 aliphatic carbocycles. The molecule has 2 heterocycles. The lowest BCUT2D eigenvalue weighted by molar-refractivity contribution is 0.641. The molecule has 3 nitrogen and oxygen atoms in total. The Kier molecular flexibility index (Phi) is 3.49. The van der Waals surface area contributed by atoms with Crippen LogP contribution < -0.4 is 5.32 Å². The van der Waals surface area contributed by atoms with Gasteiger partial charge in [0.1, 0.15) is 5.03 Å². The number of aromatic nitrogens is 1. The quantitative estimate of drug-likeness (QED) is 0.840. The van der Waals surface area contributed by atoms with E-state index in [4.69, 9.17) is 0 Å².